The van der Waals surface area contributed by atoms with Gasteiger partial charge in [-0.05, 0) is 0 Å². The molecular formula is C36H20Cl6N8O4Si. The summed E-state index contributed by atoms with van der Waals surface area (Å²) in [5.74, 6) is 0.0762. The van der Waals surface area contributed by atoms with Crippen LogP contribution in [0.3, 0.4) is 0 Å². The van der Waals surface area contributed by atoms with Gasteiger partial charge in [0.2, 0.25) is 0 Å². The molecule has 55 heavy (non-hydrogen) atoms. The lowest BCUT2D eigenvalue weighted by Crippen LogP contribution is -2.29. The van der Waals surface area contributed by atoms with E-state index in [9.17, 15) is 9.59 Å². The second kappa shape index (κ2) is 14.7. The van der Waals surface area contributed by atoms with Gasteiger partial charge in [-0.25, -0.2) is 39.5 Å². The zero-order valence-electron chi connectivity index (χ0n) is 27.5. The molecule has 0 spiro atoms. The van der Waals surface area contributed by atoms with E-state index in [1.807, 2.05) is 97.1 Å². The third-order valence-corrected chi connectivity index (χ3v) is 9.99. The summed E-state index contributed by atoms with van der Waals surface area (Å²) in [5, 5.41) is 3.82. The van der Waals surface area contributed by atoms with Gasteiger partial charge < -0.3 is 18.8 Å². The highest BCUT2D eigenvalue weighted by molar-refractivity contribution is 6.77. The average Bonchev–Trinajstić information content (AvgIpc) is 3.90. The predicted octanol–water partition coefficient (Wildman–Crippen LogP) is 8.68. The number of hydrogen-bond donors (Lipinski definition) is 2. The Bertz CT molecular complexity index is 2510. The fraction of sp³-hybridized carbons (Fsp3) is 0.0556. The van der Waals surface area contributed by atoms with E-state index in [2.05, 4.69) is 18.8 Å². The molecule has 0 radical (unpaired) electrons. The molecule has 2 aliphatic rings. The number of carbonyl (C=O) groups excluding carboxylic acids is 2. The molecule has 19 heteroatoms. The summed E-state index contributed by atoms with van der Waals surface area (Å²) in [6.07, 6.45) is 0. The summed E-state index contributed by atoms with van der Waals surface area (Å²) in [5.41, 5.74) is 6.45. The van der Waals surface area contributed by atoms with E-state index in [1.54, 1.807) is 0 Å². The van der Waals surface area contributed by atoms with Gasteiger partial charge in [0.15, 0.2) is 23.3 Å². The first-order valence-corrected chi connectivity index (χ1v) is 19.4. The Labute approximate surface area is 342 Å². The van der Waals surface area contributed by atoms with Crippen molar-refractivity contribution in [3.63, 3.8) is 0 Å². The lowest BCUT2D eigenvalue weighted by Gasteiger charge is -2.13. The Kier molecular flexibility index (Phi) is 9.88. The number of aromatic amines is 2. The van der Waals surface area contributed by atoms with Gasteiger partial charge in [0.1, 0.15) is 22.6 Å². The van der Waals surface area contributed by atoms with Crippen molar-refractivity contribution in [1.29, 1.82) is 0 Å². The predicted molar refractivity (Wildman–Crippen MR) is 217 cm³/mol. The van der Waals surface area contributed by atoms with E-state index < -0.39 is 29.5 Å². The van der Waals surface area contributed by atoms with Gasteiger partial charge in [0.05, 0.1) is 0 Å². The molecule has 0 amide bonds. The van der Waals surface area contributed by atoms with Crippen molar-refractivity contribution in [2.75, 3.05) is 0 Å². The van der Waals surface area contributed by atoms with Gasteiger partial charge in [-0.15, -0.1) is 0 Å². The smallest absolute Gasteiger partial charge is 0.432 e. The topological polar surface area (TPSA) is 162 Å². The summed E-state index contributed by atoms with van der Waals surface area (Å²) in [6.45, 7) is 0. The van der Waals surface area contributed by atoms with Crippen LogP contribution >= 0.6 is 69.6 Å². The molecular weight excluding hydrogens is 849 g/mol. The number of nitrogens with zero attached hydrogens (tertiary/aromatic N) is 6. The quantitative estimate of drug-likeness (QED) is 0.127. The average molecular weight is 869 g/mol. The Morgan fingerprint density at radius 2 is 0.691 bits per heavy atom. The van der Waals surface area contributed by atoms with E-state index in [0.717, 1.165) is 43.8 Å². The lowest BCUT2D eigenvalue weighted by molar-refractivity contribution is -0.138. The zero-order valence-corrected chi connectivity index (χ0v) is 33.5. The number of halogens is 6. The molecule has 0 fully saturated rings. The number of carbonyl (C=O) groups is 2. The van der Waals surface area contributed by atoms with Crippen molar-refractivity contribution < 1.29 is 18.4 Å². The monoisotopic (exact) mass is 866 g/mol. The minimum absolute atomic E-state index is 0.597. The van der Waals surface area contributed by atoms with Crippen LogP contribution in [0.25, 0.3) is 89.7 Å². The third kappa shape index (κ3) is 7.44. The summed E-state index contributed by atoms with van der Waals surface area (Å²) in [4.78, 5) is 58.4. The number of benzene rings is 4. The Hall–Kier alpha value is -4.86. The first-order valence-electron chi connectivity index (χ1n) is 16.0. The first-order chi connectivity index (χ1) is 26.3. The molecule has 8 bridgehead atoms. The van der Waals surface area contributed by atoms with Crippen LogP contribution in [0.5, 0.6) is 0 Å². The second-order valence-corrected chi connectivity index (χ2v) is 17.1. The van der Waals surface area contributed by atoms with Crippen LogP contribution < -0.4 is 0 Å². The molecule has 12 nitrogen and oxygen atoms in total. The molecule has 4 aromatic carbocycles. The zero-order chi connectivity index (χ0) is 38.5. The van der Waals surface area contributed by atoms with Crippen LogP contribution in [0, 0.1) is 0 Å². The van der Waals surface area contributed by atoms with Crippen LogP contribution in [0.15, 0.2) is 97.1 Å². The third-order valence-electron chi connectivity index (χ3n) is 8.30. The number of rotatable bonds is 2. The van der Waals surface area contributed by atoms with Crippen molar-refractivity contribution >= 4 is 136 Å². The minimum atomic E-state index is -2.22. The molecule has 2 aliphatic heterocycles. The minimum Gasteiger partial charge on any atom is -0.486 e. The van der Waals surface area contributed by atoms with Crippen LogP contribution in [0.4, 0.5) is 0 Å². The number of fused-ring (bicyclic) bond motifs is 20. The van der Waals surface area contributed by atoms with Crippen LogP contribution in [0.2, 0.25) is 0 Å². The van der Waals surface area contributed by atoms with Gasteiger partial charge in [-0.1, -0.05) is 167 Å². The number of H-pyrrole nitrogens is 2. The highest BCUT2D eigenvalue weighted by Gasteiger charge is 2.35. The van der Waals surface area contributed by atoms with E-state index >= 15 is 0 Å². The standard InChI is InChI=1S/C32H18N8.C4H2Cl6O4Si/c1-2-10-18-17(9-1)25-33-26(18)38-28-21-13-5-6-14-22(21)30(35-28)40-32-24-16-8-7-15-23(24)31(36-32)39-29-20-12-4-3-11-19(20)27(34-29)37-25;5-3(6,7)1(11)13-15-14-2(12)4(8,9)10/h1-16H,(H2,33,34,35,36,37,38,39,40);15H2. The largest absolute Gasteiger partial charge is 0.486 e. The van der Waals surface area contributed by atoms with Gasteiger partial charge in [0, 0.05) is 43.8 Å². The molecule has 0 unspecified atom stereocenters. The summed E-state index contributed by atoms with van der Waals surface area (Å²) >= 11 is 30.9. The molecule has 9 rings (SSSR count). The van der Waals surface area contributed by atoms with E-state index in [-0.39, 0.29) is 0 Å². The van der Waals surface area contributed by atoms with Crippen molar-refractivity contribution in [2.24, 2.45) is 0 Å². The molecule has 7 aromatic rings. The van der Waals surface area contributed by atoms with Crippen molar-refractivity contribution in [1.82, 2.24) is 39.9 Å². The van der Waals surface area contributed by atoms with Gasteiger partial charge in [-0.3, -0.25) is 0 Å². The molecule has 0 aliphatic carbocycles. The summed E-state index contributed by atoms with van der Waals surface area (Å²) in [6, 6.07) is 32.2. The number of hydrogen-bond acceptors (Lipinski definition) is 10. The normalized spacial score (nSPS) is 12.0. The van der Waals surface area contributed by atoms with E-state index in [0.29, 0.717) is 45.9 Å². The summed E-state index contributed by atoms with van der Waals surface area (Å²) in [7, 11) is -2.05. The number of nitrogens with one attached hydrogen (secondary N) is 2. The van der Waals surface area contributed by atoms with Crippen LogP contribution in [0.1, 0.15) is 0 Å². The second-order valence-electron chi connectivity index (χ2n) is 11.8. The van der Waals surface area contributed by atoms with Crippen molar-refractivity contribution in [3.05, 3.63) is 97.1 Å². The first kappa shape index (κ1) is 37.1. The molecule has 274 valence electrons. The Balaban J connectivity index is 0.000000245. The maximum Gasteiger partial charge on any atom is 0.432 e. The number of aromatic nitrogens is 8. The molecule has 5 heterocycles. The maximum absolute atomic E-state index is 10.8. The number of alkyl halides is 6. The fourth-order valence-electron chi connectivity index (χ4n) is 5.89. The molecule has 0 saturated heterocycles. The molecule has 0 atom stereocenters. The van der Waals surface area contributed by atoms with E-state index in [1.165, 1.54) is 0 Å². The molecule has 3 aromatic heterocycles. The van der Waals surface area contributed by atoms with Crippen LogP contribution in [-0.2, 0) is 18.4 Å². The van der Waals surface area contributed by atoms with Crippen molar-refractivity contribution in [2.45, 2.75) is 7.59 Å². The van der Waals surface area contributed by atoms with Crippen molar-refractivity contribution in [3.8, 4) is 45.6 Å². The molecule has 2 N–H and O–H groups in total. The van der Waals surface area contributed by atoms with Crippen LogP contribution in [-0.4, -0.2) is 69.4 Å². The van der Waals surface area contributed by atoms with E-state index in [4.69, 9.17) is 99.5 Å². The maximum atomic E-state index is 10.8. The van der Waals surface area contributed by atoms with Gasteiger partial charge >= 0.3 is 21.9 Å². The lowest BCUT2D eigenvalue weighted by atomic mass is 10.1. The van der Waals surface area contributed by atoms with Gasteiger partial charge in [0.25, 0.3) is 7.59 Å². The highest BCUT2D eigenvalue weighted by atomic mass is 35.6. The highest BCUT2D eigenvalue weighted by Crippen LogP contribution is 2.37. The SMILES string of the molecule is O=C(O[SiH2]OC(=O)C(Cl)(Cl)Cl)C(Cl)(Cl)Cl.c1ccc2c(c1)-c1nc-2nc2[nH]c(nc3nc(nc4[nH]c(n1)c1ccccc41)-c1ccccc1-3)c1ccccc21. The summed E-state index contributed by atoms with van der Waals surface area (Å²) < 4.78 is 4.27. The van der Waals surface area contributed by atoms with Gasteiger partial charge in [-0.2, -0.15) is 0 Å². The fourth-order valence-corrected chi connectivity index (χ4v) is 7.47. The Morgan fingerprint density at radius 3 is 0.945 bits per heavy atom. The molecule has 0 saturated carbocycles. The Morgan fingerprint density at radius 1 is 0.436 bits per heavy atom.